The molecule has 0 bridgehead atoms. The van der Waals surface area contributed by atoms with Crippen LogP contribution in [-0.2, 0) is 0 Å². The highest BCUT2D eigenvalue weighted by Gasteiger charge is 2.05. The highest BCUT2D eigenvalue weighted by atomic mass is 79.9. The first-order chi connectivity index (χ1) is 8.24. The molecule has 3 heteroatoms. The summed E-state index contributed by atoms with van der Waals surface area (Å²) in [5, 5.41) is 0. The average Bonchev–Trinajstić information content (AvgIpc) is 2.39. The molecule has 2 aromatic carbocycles. The van der Waals surface area contributed by atoms with Crippen molar-refractivity contribution in [3.8, 4) is 22.6 Å². The molecular weight excluding hydrogens is 280 g/mol. The molecule has 0 spiro atoms. The molecule has 0 fully saturated rings. The maximum atomic E-state index is 5.23. The molecule has 0 aliphatic rings. The minimum atomic E-state index is 0.846. The number of methoxy groups -OCH3 is 2. The Labute approximate surface area is 109 Å². The van der Waals surface area contributed by atoms with Crippen molar-refractivity contribution in [3.05, 3.63) is 46.9 Å². The SMILES string of the molecule is COc1ccc(-c2cc(OC)ccc2Br)cc1. The molecule has 2 nitrogen and oxygen atoms in total. The van der Waals surface area contributed by atoms with Gasteiger partial charge in [-0.3, -0.25) is 0 Å². The summed E-state index contributed by atoms with van der Waals surface area (Å²) in [5.41, 5.74) is 2.23. The number of hydrogen-bond donors (Lipinski definition) is 0. The monoisotopic (exact) mass is 292 g/mol. The molecule has 0 aliphatic carbocycles. The Morgan fingerprint density at radius 2 is 1.41 bits per heavy atom. The molecule has 0 amide bonds. The Balaban J connectivity index is 2.43. The maximum absolute atomic E-state index is 5.23. The molecule has 0 unspecified atom stereocenters. The molecule has 0 heterocycles. The molecule has 2 rings (SSSR count). The van der Waals surface area contributed by atoms with E-state index in [0.29, 0.717) is 0 Å². The van der Waals surface area contributed by atoms with Gasteiger partial charge < -0.3 is 9.47 Å². The minimum absolute atomic E-state index is 0.846. The van der Waals surface area contributed by atoms with Gasteiger partial charge in [-0.1, -0.05) is 28.1 Å². The lowest BCUT2D eigenvalue weighted by molar-refractivity contribution is 0.414. The quantitative estimate of drug-likeness (QED) is 0.847. The second kappa shape index (κ2) is 5.23. The van der Waals surface area contributed by atoms with E-state index in [4.69, 9.17) is 9.47 Å². The van der Waals surface area contributed by atoms with E-state index in [1.165, 1.54) is 0 Å². The van der Waals surface area contributed by atoms with Crippen molar-refractivity contribution in [2.24, 2.45) is 0 Å². The van der Waals surface area contributed by atoms with Crippen molar-refractivity contribution in [2.45, 2.75) is 0 Å². The van der Waals surface area contributed by atoms with Crippen molar-refractivity contribution < 1.29 is 9.47 Å². The summed E-state index contributed by atoms with van der Waals surface area (Å²) in [7, 11) is 3.33. The summed E-state index contributed by atoms with van der Waals surface area (Å²) in [6.45, 7) is 0. The Morgan fingerprint density at radius 1 is 0.824 bits per heavy atom. The molecule has 0 atom stereocenters. The number of rotatable bonds is 3. The zero-order valence-electron chi connectivity index (χ0n) is 9.74. The number of halogens is 1. The summed E-state index contributed by atoms with van der Waals surface area (Å²) in [4.78, 5) is 0. The van der Waals surface area contributed by atoms with Crippen LogP contribution in [0, 0.1) is 0 Å². The third-order valence-electron chi connectivity index (χ3n) is 2.57. The van der Waals surface area contributed by atoms with E-state index in [1.54, 1.807) is 14.2 Å². The van der Waals surface area contributed by atoms with Crippen LogP contribution in [0.3, 0.4) is 0 Å². The Kier molecular flexibility index (Phi) is 3.69. The lowest BCUT2D eigenvalue weighted by Crippen LogP contribution is -1.86. The zero-order chi connectivity index (χ0) is 12.3. The Morgan fingerprint density at radius 3 is 2.00 bits per heavy atom. The number of ether oxygens (including phenoxy) is 2. The zero-order valence-corrected chi connectivity index (χ0v) is 11.3. The maximum Gasteiger partial charge on any atom is 0.119 e. The summed E-state index contributed by atoms with van der Waals surface area (Å²) < 4.78 is 11.4. The fraction of sp³-hybridized carbons (Fsp3) is 0.143. The van der Waals surface area contributed by atoms with Crippen LogP contribution in [0.2, 0.25) is 0 Å². The molecule has 17 heavy (non-hydrogen) atoms. The van der Waals surface area contributed by atoms with Crippen molar-refractivity contribution in [3.63, 3.8) is 0 Å². The predicted molar refractivity (Wildman–Crippen MR) is 72.7 cm³/mol. The van der Waals surface area contributed by atoms with Crippen molar-refractivity contribution in [2.75, 3.05) is 14.2 Å². The van der Waals surface area contributed by atoms with Gasteiger partial charge in [-0.15, -0.1) is 0 Å². The topological polar surface area (TPSA) is 18.5 Å². The summed E-state index contributed by atoms with van der Waals surface area (Å²) in [5.74, 6) is 1.70. The van der Waals surface area contributed by atoms with Gasteiger partial charge in [-0.25, -0.2) is 0 Å². The molecule has 0 aromatic heterocycles. The lowest BCUT2D eigenvalue weighted by atomic mass is 10.1. The van der Waals surface area contributed by atoms with Gasteiger partial charge in [0.15, 0.2) is 0 Å². The molecule has 0 radical (unpaired) electrons. The van der Waals surface area contributed by atoms with Gasteiger partial charge in [-0.2, -0.15) is 0 Å². The summed E-state index contributed by atoms with van der Waals surface area (Å²) in [6, 6.07) is 13.9. The van der Waals surface area contributed by atoms with E-state index >= 15 is 0 Å². The van der Waals surface area contributed by atoms with Crippen LogP contribution in [-0.4, -0.2) is 14.2 Å². The smallest absolute Gasteiger partial charge is 0.119 e. The predicted octanol–water partition coefficient (Wildman–Crippen LogP) is 4.13. The normalized spacial score (nSPS) is 10.1. The third kappa shape index (κ3) is 2.61. The van der Waals surface area contributed by atoms with E-state index in [9.17, 15) is 0 Å². The summed E-state index contributed by atoms with van der Waals surface area (Å²) >= 11 is 3.55. The Bertz CT molecular complexity index is 506. The molecule has 88 valence electrons. The van der Waals surface area contributed by atoms with Gasteiger partial charge in [0.2, 0.25) is 0 Å². The van der Waals surface area contributed by atoms with Crippen LogP contribution in [0.1, 0.15) is 0 Å². The minimum Gasteiger partial charge on any atom is -0.497 e. The van der Waals surface area contributed by atoms with Gasteiger partial charge >= 0.3 is 0 Å². The Hall–Kier alpha value is -1.48. The van der Waals surface area contributed by atoms with Crippen LogP contribution in [0.25, 0.3) is 11.1 Å². The van der Waals surface area contributed by atoms with Gasteiger partial charge in [0.25, 0.3) is 0 Å². The average molecular weight is 293 g/mol. The van der Waals surface area contributed by atoms with Gasteiger partial charge in [-0.05, 0) is 41.5 Å². The van der Waals surface area contributed by atoms with Crippen molar-refractivity contribution >= 4 is 15.9 Å². The number of benzene rings is 2. The molecule has 0 saturated carbocycles. The van der Waals surface area contributed by atoms with E-state index < -0.39 is 0 Å². The first kappa shape index (κ1) is 12.0. The lowest BCUT2D eigenvalue weighted by Gasteiger charge is -2.08. The fourth-order valence-corrected chi connectivity index (χ4v) is 2.10. The van der Waals surface area contributed by atoms with Gasteiger partial charge in [0.05, 0.1) is 14.2 Å². The van der Waals surface area contributed by atoms with Crippen LogP contribution >= 0.6 is 15.9 Å². The molecule has 0 N–H and O–H groups in total. The summed E-state index contributed by atoms with van der Waals surface area (Å²) in [6.07, 6.45) is 0. The second-order valence-electron chi connectivity index (χ2n) is 3.57. The standard InChI is InChI=1S/C14H13BrO2/c1-16-11-5-3-10(4-6-11)13-9-12(17-2)7-8-14(13)15/h3-9H,1-2H3. The van der Waals surface area contributed by atoms with Crippen LogP contribution in [0.15, 0.2) is 46.9 Å². The van der Waals surface area contributed by atoms with Gasteiger partial charge in [0, 0.05) is 4.47 Å². The largest absolute Gasteiger partial charge is 0.497 e. The van der Waals surface area contributed by atoms with Crippen molar-refractivity contribution in [1.29, 1.82) is 0 Å². The molecule has 2 aromatic rings. The first-order valence-electron chi connectivity index (χ1n) is 5.22. The van der Waals surface area contributed by atoms with Crippen LogP contribution < -0.4 is 9.47 Å². The highest BCUT2D eigenvalue weighted by molar-refractivity contribution is 9.10. The van der Waals surface area contributed by atoms with E-state index in [-0.39, 0.29) is 0 Å². The van der Waals surface area contributed by atoms with Crippen molar-refractivity contribution in [1.82, 2.24) is 0 Å². The van der Waals surface area contributed by atoms with E-state index in [0.717, 1.165) is 27.1 Å². The molecular formula is C14H13BrO2. The molecule has 0 saturated heterocycles. The third-order valence-corrected chi connectivity index (χ3v) is 3.27. The van der Waals surface area contributed by atoms with Gasteiger partial charge in [0.1, 0.15) is 11.5 Å². The number of hydrogen-bond acceptors (Lipinski definition) is 2. The first-order valence-corrected chi connectivity index (χ1v) is 6.02. The van der Waals surface area contributed by atoms with E-state index in [2.05, 4.69) is 15.9 Å². The fourth-order valence-electron chi connectivity index (χ4n) is 1.62. The second-order valence-corrected chi connectivity index (χ2v) is 4.43. The highest BCUT2D eigenvalue weighted by Crippen LogP contribution is 2.32. The van der Waals surface area contributed by atoms with Crippen LogP contribution in [0.5, 0.6) is 11.5 Å². The van der Waals surface area contributed by atoms with Crippen LogP contribution in [0.4, 0.5) is 0 Å². The van der Waals surface area contributed by atoms with E-state index in [1.807, 2.05) is 42.5 Å². The molecule has 0 aliphatic heterocycles.